The molecule has 0 saturated carbocycles. The Balaban J connectivity index is 1.54. The molecule has 13 nitrogen and oxygen atoms in total. The number of hydrogen-bond donors (Lipinski definition) is 3. The SMILES string of the molecule is CC(=NNC(=O)c1nnn(-c2nonc2N)c1-c1ccc2c(c1)OCO2)c1ccccc1O. The van der Waals surface area contributed by atoms with Crippen molar-refractivity contribution in [1.82, 2.24) is 30.7 Å². The summed E-state index contributed by atoms with van der Waals surface area (Å²) >= 11 is 0. The lowest BCUT2D eigenvalue weighted by Crippen LogP contribution is -2.21. The Morgan fingerprint density at radius 3 is 2.79 bits per heavy atom. The number of hydrogen-bond acceptors (Lipinski definition) is 11. The standard InChI is InChI=1S/C20H16N8O5/c1-10(12-4-2-3-5-13(12)29)22-24-20(30)16-17(11-6-7-14-15(8-11)32-9-31-14)28(27-23-16)19-18(21)25-33-26-19/h2-8,29H,9H2,1H3,(H2,21,25)(H,24,30). The minimum atomic E-state index is -0.654. The van der Waals surface area contributed by atoms with Gasteiger partial charge in [-0.2, -0.15) is 9.78 Å². The van der Waals surface area contributed by atoms with Crippen LogP contribution in [0.3, 0.4) is 0 Å². The number of nitrogens with one attached hydrogen (secondary N) is 1. The van der Waals surface area contributed by atoms with E-state index in [2.05, 4.69) is 35.8 Å². The Labute approximate surface area is 185 Å². The van der Waals surface area contributed by atoms with E-state index in [0.717, 1.165) is 0 Å². The maximum Gasteiger partial charge on any atom is 0.294 e. The van der Waals surface area contributed by atoms with Gasteiger partial charge in [0.2, 0.25) is 18.4 Å². The molecule has 0 unspecified atom stereocenters. The summed E-state index contributed by atoms with van der Waals surface area (Å²) < 4.78 is 16.7. The molecular weight excluding hydrogens is 432 g/mol. The molecule has 166 valence electrons. The molecule has 2 aromatic carbocycles. The summed E-state index contributed by atoms with van der Waals surface area (Å²) in [4.78, 5) is 13.0. The second-order valence-electron chi connectivity index (χ2n) is 6.89. The number of nitrogens with two attached hydrogens (primary N) is 1. The number of fused-ring (bicyclic) bond motifs is 1. The molecule has 0 atom stereocenters. The molecule has 0 saturated heterocycles. The smallest absolute Gasteiger partial charge is 0.294 e. The number of carbonyl (C=O) groups is 1. The Kier molecular flexibility index (Phi) is 4.82. The number of carbonyl (C=O) groups excluding carboxylic acids is 1. The van der Waals surface area contributed by atoms with Crippen LogP contribution in [0.5, 0.6) is 17.2 Å². The van der Waals surface area contributed by atoms with Crippen LogP contribution in [0.1, 0.15) is 23.0 Å². The van der Waals surface area contributed by atoms with Crippen molar-refractivity contribution in [3.8, 4) is 34.3 Å². The number of phenolic OH excluding ortho intramolecular Hbond substituents is 1. The molecule has 1 aliphatic rings. The summed E-state index contributed by atoms with van der Waals surface area (Å²) in [6.07, 6.45) is 0. The van der Waals surface area contributed by atoms with Gasteiger partial charge in [0, 0.05) is 11.1 Å². The molecular formula is C20H16N8O5. The molecule has 1 aliphatic heterocycles. The van der Waals surface area contributed by atoms with E-state index in [4.69, 9.17) is 15.2 Å². The van der Waals surface area contributed by atoms with Crippen LogP contribution in [-0.2, 0) is 0 Å². The number of rotatable bonds is 5. The number of phenols is 1. The first-order valence-corrected chi connectivity index (χ1v) is 9.60. The zero-order valence-corrected chi connectivity index (χ0v) is 17.1. The maximum atomic E-state index is 13.0. The fourth-order valence-electron chi connectivity index (χ4n) is 3.25. The van der Waals surface area contributed by atoms with Gasteiger partial charge < -0.3 is 20.3 Å². The maximum absolute atomic E-state index is 13.0. The largest absolute Gasteiger partial charge is 0.507 e. The predicted molar refractivity (Wildman–Crippen MR) is 113 cm³/mol. The minimum absolute atomic E-state index is 0.0361. The lowest BCUT2D eigenvalue weighted by atomic mass is 10.1. The molecule has 4 N–H and O–H groups in total. The highest BCUT2D eigenvalue weighted by Gasteiger charge is 2.27. The summed E-state index contributed by atoms with van der Waals surface area (Å²) in [5.74, 6) is 0.457. The number of anilines is 1. The van der Waals surface area contributed by atoms with E-state index in [9.17, 15) is 9.90 Å². The van der Waals surface area contributed by atoms with Crippen LogP contribution in [-0.4, -0.2) is 48.8 Å². The third-order valence-electron chi connectivity index (χ3n) is 4.85. The van der Waals surface area contributed by atoms with Gasteiger partial charge in [0.1, 0.15) is 11.4 Å². The molecule has 13 heteroatoms. The second kappa shape index (κ2) is 7.96. The van der Waals surface area contributed by atoms with Crippen molar-refractivity contribution >= 4 is 17.4 Å². The van der Waals surface area contributed by atoms with E-state index in [1.165, 1.54) is 10.7 Å². The van der Waals surface area contributed by atoms with Crippen LogP contribution >= 0.6 is 0 Å². The Hall–Kier alpha value is -4.94. The van der Waals surface area contributed by atoms with E-state index in [0.29, 0.717) is 28.3 Å². The van der Waals surface area contributed by atoms with Crippen molar-refractivity contribution in [1.29, 1.82) is 0 Å². The van der Waals surface area contributed by atoms with Crippen molar-refractivity contribution in [3.63, 3.8) is 0 Å². The number of nitrogen functional groups attached to an aromatic ring is 1. The second-order valence-corrected chi connectivity index (χ2v) is 6.89. The number of hydrazone groups is 1. The van der Waals surface area contributed by atoms with Crippen molar-refractivity contribution in [2.45, 2.75) is 6.92 Å². The molecule has 3 heterocycles. The minimum Gasteiger partial charge on any atom is -0.507 e. The molecule has 0 fully saturated rings. The molecule has 0 radical (unpaired) electrons. The number of benzene rings is 2. The Bertz CT molecular complexity index is 1390. The number of ether oxygens (including phenoxy) is 2. The molecule has 2 aromatic heterocycles. The van der Waals surface area contributed by atoms with Crippen molar-refractivity contribution in [2.24, 2.45) is 5.10 Å². The molecule has 5 rings (SSSR count). The zero-order valence-electron chi connectivity index (χ0n) is 17.1. The van der Waals surface area contributed by atoms with Crippen molar-refractivity contribution in [3.05, 3.63) is 53.7 Å². The van der Waals surface area contributed by atoms with Gasteiger partial charge in [-0.3, -0.25) is 4.79 Å². The summed E-state index contributed by atoms with van der Waals surface area (Å²) in [6, 6.07) is 11.7. The molecule has 1 amide bonds. The van der Waals surface area contributed by atoms with Gasteiger partial charge in [0.05, 0.1) is 5.71 Å². The van der Waals surface area contributed by atoms with E-state index in [1.54, 1.807) is 43.3 Å². The fraction of sp³-hybridized carbons (Fsp3) is 0.100. The Morgan fingerprint density at radius 1 is 1.18 bits per heavy atom. The first-order chi connectivity index (χ1) is 16.0. The van der Waals surface area contributed by atoms with Gasteiger partial charge in [-0.25, -0.2) is 10.1 Å². The highest BCUT2D eigenvalue weighted by Crippen LogP contribution is 2.37. The molecule has 0 aliphatic carbocycles. The third-order valence-corrected chi connectivity index (χ3v) is 4.85. The summed E-state index contributed by atoms with van der Waals surface area (Å²) in [6.45, 7) is 1.73. The van der Waals surface area contributed by atoms with Crippen LogP contribution in [0.2, 0.25) is 0 Å². The molecule has 4 aromatic rings. The van der Waals surface area contributed by atoms with Crippen LogP contribution in [0.4, 0.5) is 5.82 Å². The van der Waals surface area contributed by atoms with E-state index in [1.807, 2.05) is 0 Å². The monoisotopic (exact) mass is 448 g/mol. The van der Waals surface area contributed by atoms with Gasteiger partial charge in [-0.05, 0) is 47.6 Å². The molecule has 0 spiro atoms. The number of amides is 1. The van der Waals surface area contributed by atoms with Crippen molar-refractivity contribution < 1.29 is 24.0 Å². The van der Waals surface area contributed by atoms with E-state index in [-0.39, 0.29) is 35.6 Å². The average molecular weight is 448 g/mol. The zero-order chi connectivity index (χ0) is 22.9. The van der Waals surface area contributed by atoms with Crippen LogP contribution in [0.25, 0.3) is 17.1 Å². The number of para-hydroxylation sites is 1. The highest BCUT2D eigenvalue weighted by atomic mass is 16.7. The lowest BCUT2D eigenvalue weighted by Gasteiger charge is -2.07. The summed E-state index contributed by atoms with van der Waals surface area (Å²) in [5.41, 5.74) is 9.84. The van der Waals surface area contributed by atoms with Crippen LogP contribution in [0, 0.1) is 0 Å². The first kappa shape index (κ1) is 20.0. The van der Waals surface area contributed by atoms with Gasteiger partial charge in [0.25, 0.3) is 5.91 Å². The quantitative estimate of drug-likeness (QED) is 0.299. The number of aromatic nitrogens is 5. The van der Waals surface area contributed by atoms with Gasteiger partial charge in [0.15, 0.2) is 17.2 Å². The normalized spacial score (nSPS) is 12.7. The van der Waals surface area contributed by atoms with E-state index < -0.39 is 5.91 Å². The molecule has 33 heavy (non-hydrogen) atoms. The Morgan fingerprint density at radius 2 is 2.00 bits per heavy atom. The van der Waals surface area contributed by atoms with Crippen molar-refractivity contribution in [2.75, 3.05) is 12.5 Å². The predicted octanol–water partition coefficient (Wildman–Crippen LogP) is 1.49. The summed E-state index contributed by atoms with van der Waals surface area (Å²) in [5, 5.41) is 29.4. The van der Waals surface area contributed by atoms with Crippen LogP contribution in [0.15, 0.2) is 52.2 Å². The molecule has 0 bridgehead atoms. The van der Waals surface area contributed by atoms with Gasteiger partial charge in [-0.15, -0.1) is 5.10 Å². The van der Waals surface area contributed by atoms with Crippen LogP contribution < -0.4 is 20.6 Å². The number of nitrogens with zero attached hydrogens (tertiary/aromatic N) is 6. The average Bonchev–Trinajstić information content (AvgIpc) is 3.55. The highest BCUT2D eigenvalue weighted by molar-refractivity contribution is 6.03. The third kappa shape index (κ3) is 3.56. The summed E-state index contributed by atoms with van der Waals surface area (Å²) in [7, 11) is 0. The van der Waals surface area contributed by atoms with Gasteiger partial charge >= 0.3 is 0 Å². The fourth-order valence-corrected chi connectivity index (χ4v) is 3.25. The van der Waals surface area contributed by atoms with E-state index >= 15 is 0 Å². The number of aromatic hydroxyl groups is 1. The first-order valence-electron chi connectivity index (χ1n) is 9.60. The lowest BCUT2D eigenvalue weighted by molar-refractivity contribution is 0.0950. The van der Waals surface area contributed by atoms with Gasteiger partial charge in [-0.1, -0.05) is 17.3 Å². The topological polar surface area (TPSA) is 176 Å².